The van der Waals surface area contributed by atoms with E-state index >= 15 is 0 Å². The maximum atomic E-state index is 12.9. The minimum atomic E-state index is -1.87. The number of hydrogen-bond donors (Lipinski definition) is 1. The van der Waals surface area contributed by atoms with Crippen LogP contribution in [0.5, 0.6) is 0 Å². The molecule has 0 spiro atoms. The van der Waals surface area contributed by atoms with Gasteiger partial charge in [0.25, 0.3) is 5.91 Å². The lowest BCUT2D eigenvalue weighted by Crippen LogP contribution is -2.41. The standard InChI is InChI=1S/C20H18BrNO3/c1-3-10-22-17-9-8-15(21)11-16(17)20(25,19(22)24)12-18(23)14-6-4-13(2)5-7-14/h3-9,11,25H,1,10,12H2,2H3. The van der Waals surface area contributed by atoms with Gasteiger partial charge in [0, 0.05) is 22.1 Å². The summed E-state index contributed by atoms with van der Waals surface area (Å²) in [5.41, 5.74) is 0.690. The van der Waals surface area contributed by atoms with E-state index in [2.05, 4.69) is 22.5 Å². The molecular formula is C20H18BrNO3. The van der Waals surface area contributed by atoms with E-state index in [0.29, 0.717) is 16.8 Å². The molecule has 1 N–H and O–H groups in total. The predicted molar refractivity (Wildman–Crippen MR) is 101 cm³/mol. The van der Waals surface area contributed by atoms with Gasteiger partial charge in [-0.05, 0) is 25.1 Å². The molecule has 0 saturated carbocycles. The van der Waals surface area contributed by atoms with Crippen molar-refractivity contribution < 1.29 is 14.7 Å². The third kappa shape index (κ3) is 3.05. The van der Waals surface area contributed by atoms with Crippen molar-refractivity contribution in [1.29, 1.82) is 0 Å². The van der Waals surface area contributed by atoms with Crippen molar-refractivity contribution in [2.24, 2.45) is 0 Å². The van der Waals surface area contributed by atoms with Crippen molar-refractivity contribution in [3.05, 3.63) is 76.3 Å². The molecule has 25 heavy (non-hydrogen) atoms. The van der Waals surface area contributed by atoms with Crippen LogP contribution < -0.4 is 4.90 Å². The smallest absolute Gasteiger partial charge is 0.264 e. The lowest BCUT2D eigenvalue weighted by Gasteiger charge is -2.22. The van der Waals surface area contributed by atoms with Gasteiger partial charge in [-0.3, -0.25) is 9.59 Å². The molecule has 2 aromatic rings. The highest BCUT2D eigenvalue weighted by molar-refractivity contribution is 9.10. The molecule has 0 bridgehead atoms. The summed E-state index contributed by atoms with van der Waals surface area (Å²) in [6.07, 6.45) is 1.29. The Kier molecular flexibility index (Phi) is 4.62. The molecule has 0 aliphatic carbocycles. The number of hydrogen-bond acceptors (Lipinski definition) is 3. The van der Waals surface area contributed by atoms with Crippen LogP contribution in [0.1, 0.15) is 27.9 Å². The lowest BCUT2D eigenvalue weighted by atomic mass is 9.88. The lowest BCUT2D eigenvalue weighted by molar-refractivity contribution is -0.135. The molecule has 0 radical (unpaired) electrons. The first-order valence-electron chi connectivity index (χ1n) is 7.92. The van der Waals surface area contributed by atoms with Crippen LogP contribution in [-0.4, -0.2) is 23.3 Å². The van der Waals surface area contributed by atoms with Crippen molar-refractivity contribution in [2.75, 3.05) is 11.4 Å². The van der Waals surface area contributed by atoms with E-state index in [4.69, 9.17) is 0 Å². The third-order valence-corrected chi connectivity index (χ3v) is 4.89. The fourth-order valence-electron chi connectivity index (χ4n) is 3.08. The van der Waals surface area contributed by atoms with Crippen LogP contribution >= 0.6 is 15.9 Å². The molecule has 1 atom stereocenters. The molecule has 1 amide bonds. The van der Waals surface area contributed by atoms with Crippen LogP contribution in [0.15, 0.2) is 59.6 Å². The number of carbonyl (C=O) groups excluding carboxylic acids is 2. The van der Waals surface area contributed by atoms with Gasteiger partial charge in [-0.1, -0.05) is 51.8 Å². The summed E-state index contributed by atoms with van der Waals surface area (Å²) >= 11 is 3.37. The minimum Gasteiger partial charge on any atom is -0.375 e. The number of anilines is 1. The van der Waals surface area contributed by atoms with Crippen LogP contribution in [0, 0.1) is 6.92 Å². The number of nitrogens with zero attached hydrogens (tertiary/aromatic N) is 1. The summed E-state index contributed by atoms with van der Waals surface area (Å²) in [4.78, 5) is 27.0. The number of aryl methyl sites for hydroxylation is 1. The second-order valence-electron chi connectivity index (χ2n) is 6.19. The Bertz CT molecular complexity index is 860. The molecule has 1 unspecified atom stereocenters. The zero-order valence-corrected chi connectivity index (χ0v) is 15.4. The normalized spacial score (nSPS) is 19.0. The summed E-state index contributed by atoms with van der Waals surface area (Å²) < 4.78 is 0.737. The fourth-order valence-corrected chi connectivity index (χ4v) is 3.44. The van der Waals surface area contributed by atoms with Gasteiger partial charge < -0.3 is 10.0 Å². The van der Waals surface area contributed by atoms with E-state index in [1.165, 1.54) is 4.90 Å². The summed E-state index contributed by atoms with van der Waals surface area (Å²) in [6.45, 7) is 5.87. The number of halogens is 1. The highest BCUT2D eigenvalue weighted by Gasteiger charge is 2.50. The zero-order chi connectivity index (χ0) is 18.2. The zero-order valence-electron chi connectivity index (χ0n) is 13.8. The molecule has 0 saturated heterocycles. The number of benzene rings is 2. The van der Waals surface area contributed by atoms with Crippen molar-refractivity contribution >= 4 is 33.3 Å². The number of rotatable bonds is 5. The van der Waals surface area contributed by atoms with Gasteiger partial charge in [0.2, 0.25) is 0 Å². The van der Waals surface area contributed by atoms with Gasteiger partial charge in [-0.15, -0.1) is 6.58 Å². The fraction of sp³-hybridized carbons (Fsp3) is 0.200. The van der Waals surface area contributed by atoms with E-state index in [1.807, 2.05) is 19.1 Å². The SMILES string of the molecule is C=CCN1C(=O)C(O)(CC(=O)c2ccc(C)cc2)c2cc(Br)ccc21. The van der Waals surface area contributed by atoms with Crippen LogP contribution in [0.3, 0.4) is 0 Å². The predicted octanol–water partition coefficient (Wildman–Crippen LogP) is 3.75. The maximum absolute atomic E-state index is 12.9. The van der Waals surface area contributed by atoms with Crippen LogP contribution in [0.2, 0.25) is 0 Å². The topological polar surface area (TPSA) is 57.6 Å². The second kappa shape index (κ2) is 6.58. The molecule has 3 rings (SSSR count). The molecule has 0 fully saturated rings. The Hall–Kier alpha value is -2.24. The Morgan fingerprint density at radius 2 is 1.96 bits per heavy atom. The van der Waals surface area contributed by atoms with Crippen molar-refractivity contribution in [2.45, 2.75) is 18.9 Å². The van der Waals surface area contributed by atoms with E-state index in [0.717, 1.165) is 10.0 Å². The Morgan fingerprint density at radius 1 is 1.28 bits per heavy atom. The third-order valence-electron chi connectivity index (χ3n) is 4.40. The van der Waals surface area contributed by atoms with Gasteiger partial charge in [-0.2, -0.15) is 0 Å². The molecule has 2 aromatic carbocycles. The highest BCUT2D eigenvalue weighted by Crippen LogP contribution is 2.44. The number of Topliss-reactive ketones (excluding diaryl/α,β-unsaturated/α-hetero) is 1. The largest absolute Gasteiger partial charge is 0.375 e. The number of ketones is 1. The summed E-state index contributed by atoms with van der Waals surface area (Å²) in [5, 5.41) is 11.2. The highest BCUT2D eigenvalue weighted by atomic mass is 79.9. The Morgan fingerprint density at radius 3 is 2.60 bits per heavy atom. The number of amides is 1. The van der Waals surface area contributed by atoms with Crippen molar-refractivity contribution in [3.8, 4) is 0 Å². The monoisotopic (exact) mass is 399 g/mol. The van der Waals surface area contributed by atoms with Gasteiger partial charge in [-0.25, -0.2) is 0 Å². The quantitative estimate of drug-likeness (QED) is 0.615. The van der Waals surface area contributed by atoms with E-state index in [9.17, 15) is 14.7 Å². The molecular weight excluding hydrogens is 382 g/mol. The van der Waals surface area contributed by atoms with Crippen LogP contribution in [0.25, 0.3) is 0 Å². The molecule has 4 nitrogen and oxygen atoms in total. The number of aliphatic hydroxyl groups is 1. The van der Waals surface area contributed by atoms with Gasteiger partial charge in [0.1, 0.15) is 0 Å². The first kappa shape index (κ1) is 17.6. The van der Waals surface area contributed by atoms with Gasteiger partial charge in [0.05, 0.1) is 12.1 Å². The second-order valence-corrected chi connectivity index (χ2v) is 7.11. The Labute approximate surface area is 154 Å². The molecule has 128 valence electrons. The molecule has 1 aliphatic heterocycles. The first-order chi connectivity index (χ1) is 11.9. The number of fused-ring (bicyclic) bond motifs is 1. The number of carbonyl (C=O) groups is 2. The van der Waals surface area contributed by atoms with Gasteiger partial charge in [0.15, 0.2) is 11.4 Å². The average Bonchev–Trinajstić information content (AvgIpc) is 2.77. The molecule has 1 heterocycles. The van der Waals surface area contributed by atoms with Crippen molar-refractivity contribution in [1.82, 2.24) is 0 Å². The van der Waals surface area contributed by atoms with Crippen molar-refractivity contribution in [3.63, 3.8) is 0 Å². The average molecular weight is 400 g/mol. The maximum Gasteiger partial charge on any atom is 0.264 e. The molecule has 0 aromatic heterocycles. The summed E-state index contributed by atoms with van der Waals surface area (Å²) in [5.74, 6) is -0.775. The molecule has 1 aliphatic rings. The first-order valence-corrected chi connectivity index (χ1v) is 8.71. The van der Waals surface area contributed by atoms with E-state index in [1.54, 1.807) is 36.4 Å². The Balaban J connectivity index is 2.00. The van der Waals surface area contributed by atoms with E-state index < -0.39 is 11.5 Å². The molecule has 5 heteroatoms. The van der Waals surface area contributed by atoms with Crippen LogP contribution in [-0.2, 0) is 10.4 Å². The van der Waals surface area contributed by atoms with Crippen LogP contribution in [0.4, 0.5) is 5.69 Å². The van der Waals surface area contributed by atoms with E-state index in [-0.39, 0.29) is 18.7 Å². The minimum absolute atomic E-state index is 0.272. The van der Waals surface area contributed by atoms with Gasteiger partial charge >= 0.3 is 0 Å². The summed E-state index contributed by atoms with van der Waals surface area (Å²) in [7, 11) is 0. The summed E-state index contributed by atoms with van der Waals surface area (Å²) in [6, 6.07) is 12.3.